The van der Waals surface area contributed by atoms with E-state index in [9.17, 15) is 13.6 Å². The molecule has 2 rings (SSSR count). The van der Waals surface area contributed by atoms with Crippen LogP contribution in [0.4, 0.5) is 14.6 Å². The van der Waals surface area contributed by atoms with Gasteiger partial charge in [-0.2, -0.15) is 5.10 Å². The maximum Gasteiger partial charge on any atom is 0.283 e. The molecule has 1 amide bonds. The van der Waals surface area contributed by atoms with Gasteiger partial charge in [0.2, 0.25) is 5.91 Å². The second-order valence-electron chi connectivity index (χ2n) is 4.11. The Morgan fingerprint density at radius 2 is 2.25 bits per heavy atom. The molecule has 0 aliphatic carbocycles. The third-order valence-corrected chi connectivity index (χ3v) is 3.02. The number of anilines is 1. The van der Waals surface area contributed by atoms with Crippen molar-refractivity contribution in [3.05, 3.63) is 28.2 Å². The minimum absolute atomic E-state index is 0.134. The Morgan fingerprint density at radius 3 is 2.75 bits per heavy atom. The number of carbonyl (C=O) groups excluding carboxylic acids is 1. The summed E-state index contributed by atoms with van der Waals surface area (Å²) >= 11 is 5.73. The molecule has 0 aromatic carbocycles. The van der Waals surface area contributed by atoms with Crippen molar-refractivity contribution < 1.29 is 18.1 Å². The van der Waals surface area contributed by atoms with Crippen molar-refractivity contribution >= 4 is 23.3 Å². The summed E-state index contributed by atoms with van der Waals surface area (Å²) in [7, 11) is 0. The zero-order valence-corrected chi connectivity index (χ0v) is 11.4. The number of aromatic nitrogens is 3. The summed E-state index contributed by atoms with van der Waals surface area (Å²) in [6.07, 6.45) is -2.79. The van der Waals surface area contributed by atoms with Crippen LogP contribution in [0.5, 0.6) is 0 Å². The first kappa shape index (κ1) is 14.4. The molecule has 0 unspecified atom stereocenters. The predicted molar refractivity (Wildman–Crippen MR) is 66.8 cm³/mol. The highest BCUT2D eigenvalue weighted by Crippen LogP contribution is 2.28. The van der Waals surface area contributed by atoms with Crippen LogP contribution in [0.25, 0.3) is 0 Å². The largest absolute Gasteiger partial charge is 0.360 e. The Hall–Kier alpha value is -1.96. The summed E-state index contributed by atoms with van der Waals surface area (Å²) in [6, 6.07) is 1.53. The summed E-state index contributed by atoms with van der Waals surface area (Å²) in [5, 5.41) is 9.54. The minimum atomic E-state index is -2.79. The van der Waals surface area contributed by atoms with Gasteiger partial charge >= 0.3 is 0 Å². The molecule has 0 radical (unpaired) electrons. The predicted octanol–water partition coefficient (Wildman–Crippen LogP) is 2.72. The van der Waals surface area contributed by atoms with Gasteiger partial charge in [0.25, 0.3) is 6.43 Å². The lowest BCUT2D eigenvalue weighted by Gasteiger charge is -2.03. The van der Waals surface area contributed by atoms with E-state index in [1.54, 1.807) is 6.92 Å². The minimum Gasteiger partial charge on any atom is -0.360 e. The van der Waals surface area contributed by atoms with Gasteiger partial charge in [0.15, 0.2) is 5.82 Å². The molecule has 0 spiro atoms. The van der Waals surface area contributed by atoms with Gasteiger partial charge in [-0.15, -0.1) is 0 Å². The molecule has 0 aliphatic rings. The van der Waals surface area contributed by atoms with Gasteiger partial charge in [-0.1, -0.05) is 16.8 Å². The van der Waals surface area contributed by atoms with E-state index in [1.807, 2.05) is 0 Å². The van der Waals surface area contributed by atoms with E-state index in [2.05, 4.69) is 15.6 Å². The SMILES string of the molecule is Cc1cc(NC(=O)Cn2nc(C(F)F)c(Cl)c2C)no1. The highest BCUT2D eigenvalue weighted by Gasteiger charge is 2.21. The fraction of sp³-hybridized carbons (Fsp3) is 0.364. The number of alkyl halides is 2. The normalized spacial score (nSPS) is 11.1. The third-order valence-electron chi connectivity index (χ3n) is 2.55. The Bertz CT molecular complexity index is 638. The average molecular weight is 305 g/mol. The van der Waals surface area contributed by atoms with Crippen LogP contribution in [0.2, 0.25) is 5.02 Å². The summed E-state index contributed by atoms with van der Waals surface area (Å²) in [4.78, 5) is 11.7. The first-order chi connectivity index (χ1) is 9.38. The van der Waals surface area contributed by atoms with Crippen molar-refractivity contribution in [2.75, 3.05) is 5.32 Å². The zero-order chi connectivity index (χ0) is 14.9. The lowest BCUT2D eigenvalue weighted by Crippen LogP contribution is -2.20. The van der Waals surface area contributed by atoms with E-state index in [4.69, 9.17) is 16.1 Å². The molecular formula is C11H11ClF2N4O2. The molecule has 0 saturated heterocycles. The van der Waals surface area contributed by atoms with Gasteiger partial charge in [-0.25, -0.2) is 8.78 Å². The van der Waals surface area contributed by atoms with Gasteiger partial charge in [-0.3, -0.25) is 9.48 Å². The van der Waals surface area contributed by atoms with Crippen molar-refractivity contribution in [3.63, 3.8) is 0 Å². The second-order valence-corrected chi connectivity index (χ2v) is 4.49. The molecule has 2 aromatic heterocycles. The molecule has 2 heterocycles. The number of nitrogens with zero attached hydrogens (tertiary/aromatic N) is 3. The Labute approximate surface area is 117 Å². The number of hydrogen-bond acceptors (Lipinski definition) is 4. The van der Waals surface area contributed by atoms with Crippen LogP contribution in [0, 0.1) is 13.8 Å². The van der Waals surface area contributed by atoms with Gasteiger partial charge in [0.1, 0.15) is 18.0 Å². The van der Waals surface area contributed by atoms with E-state index in [1.165, 1.54) is 13.0 Å². The van der Waals surface area contributed by atoms with Crippen LogP contribution in [0.1, 0.15) is 23.6 Å². The maximum absolute atomic E-state index is 12.6. The topological polar surface area (TPSA) is 73.0 Å². The molecular weight excluding hydrogens is 294 g/mol. The number of halogens is 3. The summed E-state index contributed by atoms with van der Waals surface area (Å²) in [6.45, 7) is 2.94. The molecule has 6 nitrogen and oxygen atoms in total. The Kier molecular flexibility index (Phi) is 4.03. The summed E-state index contributed by atoms with van der Waals surface area (Å²) in [5.41, 5.74) is -0.234. The molecule has 2 aromatic rings. The number of amides is 1. The molecule has 0 bridgehead atoms. The van der Waals surface area contributed by atoms with Crippen molar-refractivity contribution in [3.8, 4) is 0 Å². The Balaban J connectivity index is 2.10. The first-order valence-corrected chi connectivity index (χ1v) is 6.00. The van der Waals surface area contributed by atoms with Crippen molar-refractivity contribution in [2.24, 2.45) is 0 Å². The molecule has 0 aliphatic heterocycles. The van der Waals surface area contributed by atoms with Gasteiger partial charge < -0.3 is 9.84 Å². The van der Waals surface area contributed by atoms with E-state index in [0.29, 0.717) is 11.5 Å². The fourth-order valence-electron chi connectivity index (χ4n) is 1.58. The smallest absolute Gasteiger partial charge is 0.283 e. The quantitative estimate of drug-likeness (QED) is 0.942. The lowest BCUT2D eigenvalue weighted by molar-refractivity contribution is -0.117. The maximum atomic E-state index is 12.6. The van der Waals surface area contributed by atoms with E-state index in [-0.39, 0.29) is 17.4 Å². The monoisotopic (exact) mass is 304 g/mol. The van der Waals surface area contributed by atoms with Crippen molar-refractivity contribution in [2.45, 2.75) is 26.8 Å². The average Bonchev–Trinajstić information content (AvgIpc) is 2.88. The molecule has 0 atom stereocenters. The summed E-state index contributed by atoms with van der Waals surface area (Å²) in [5.74, 6) is 0.317. The molecule has 0 fully saturated rings. The van der Waals surface area contributed by atoms with Crippen LogP contribution in [-0.2, 0) is 11.3 Å². The standard InChI is InChI=1S/C11H11ClF2N4O2/c1-5-3-7(17-20-5)15-8(19)4-18-6(2)9(12)10(16-18)11(13)14/h3,11H,4H2,1-2H3,(H,15,17,19). The van der Waals surface area contributed by atoms with Crippen molar-refractivity contribution in [1.29, 1.82) is 0 Å². The van der Waals surface area contributed by atoms with E-state index in [0.717, 1.165) is 4.68 Å². The fourth-order valence-corrected chi connectivity index (χ4v) is 1.80. The first-order valence-electron chi connectivity index (χ1n) is 5.62. The van der Waals surface area contributed by atoms with Crippen LogP contribution in [-0.4, -0.2) is 20.8 Å². The van der Waals surface area contributed by atoms with Gasteiger partial charge in [0, 0.05) is 6.07 Å². The van der Waals surface area contributed by atoms with Crippen LogP contribution >= 0.6 is 11.6 Å². The molecule has 1 N–H and O–H groups in total. The highest BCUT2D eigenvalue weighted by atomic mass is 35.5. The van der Waals surface area contributed by atoms with Crippen LogP contribution < -0.4 is 5.32 Å². The molecule has 108 valence electrons. The Morgan fingerprint density at radius 1 is 1.55 bits per heavy atom. The second kappa shape index (κ2) is 5.58. The molecule has 0 saturated carbocycles. The van der Waals surface area contributed by atoms with Gasteiger partial charge in [-0.05, 0) is 13.8 Å². The van der Waals surface area contributed by atoms with Gasteiger partial charge in [0.05, 0.1) is 10.7 Å². The molecule has 20 heavy (non-hydrogen) atoms. The van der Waals surface area contributed by atoms with Crippen LogP contribution in [0.3, 0.4) is 0 Å². The van der Waals surface area contributed by atoms with E-state index < -0.39 is 18.0 Å². The van der Waals surface area contributed by atoms with E-state index >= 15 is 0 Å². The number of hydrogen-bond donors (Lipinski definition) is 1. The van der Waals surface area contributed by atoms with Crippen LogP contribution in [0.15, 0.2) is 10.6 Å². The highest BCUT2D eigenvalue weighted by molar-refractivity contribution is 6.31. The van der Waals surface area contributed by atoms with Crippen molar-refractivity contribution in [1.82, 2.24) is 14.9 Å². The number of aryl methyl sites for hydroxylation is 1. The molecule has 9 heteroatoms. The number of nitrogens with one attached hydrogen (secondary N) is 1. The number of rotatable bonds is 4. The lowest BCUT2D eigenvalue weighted by atomic mass is 10.4. The number of carbonyl (C=O) groups is 1. The third kappa shape index (κ3) is 2.96. The zero-order valence-electron chi connectivity index (χ0n) is 10.7. The summed E-state index contributed by atoms with van der Waals surface area (Å²) < 4.78 is 31.2.